The lowest BCUT2D eigenvalue weighted by atomic mass is 10.1. The molecule has 3 aromatic rings. The number of fused-ring (bicyclic) bond motifs is 1. The van der Waals surface area contributed by atoms with Crippen LogP contribution in [-0.4, -0.2) is 25.3 Å². The summed E-state index contributed by atoms with van der Waals surface area (Å²) in [4.78, 5) is 0. The van der Waals surface area contributed by atoms with Gasteiger partial charge >= 0.3 is 6.61 Å². The first-order valence-electron chi connectivity index (χ1n) is 8.91. The van der Waals surface area contributed by atoms with Crippen LogP contribution in [0.5, 0.6) is 5.75 Å². The van der Waals surface area contributed by atoms with Crippen molar-refractivity contribution in [3.63, 3.8) is 0 Å². The Balaban J connectivity index is 2.12. The summed E-state index contributed by atoms with van der Waals surface area (Å²) in [5, 5.41) is 10.4. The summed E-state index contributed by atoms with van der Waals surface area (Å²) >= 11 is 0. The highest BCUT2D eigenvalue weighted by Gasteiger charge is 2.19. The van der Waals surface area contributed by atoms with Gasteiger partial charge in [-0.3, -0.25) is 4.72 Å². The van der Waals surface area contributed by atoms with Crippen LogP contribution < -0.4 is 9.46 Å². The van der Waals surface area contributed by atoms with E-state index in [4.69, 9.17) is 0 Å². The number of sulfonamides is 1. The number of alkyl halides is 2. The van der Waals surface area contributed by atoms with Gasteiger partial charge in [0.2, 0.25) is 10.0 Å². The summed E-state index contributed by atoms with van der Waals surface area (Å²) in [5.74, 6) is -0.0273. The van der Waals surface area contributed by atoms with Crippen molar-refractivity contribution >= 4 is 26.6 Å². The topological polar surface area (TPSA) is 84.1 Å². The van der Waals surface area contributed by atoms with Crippen LogP contribution in [0, 0.1) is 11.3 Å². The van der Waals surface area contributed by atoms with Crippen molar-refractivity contribution < 1.29 is 21.9 Å². The molecule has 0 saturated heterocycles. The molecule has 1 N–H and O–H groups in total. The highest BCUT2D eigenvalue weighted by molar-refractivity contribution is 7.92. The second-order valence-corrected chi connectivity index (χ2v) is 8.23. The quantitative estimate of drug-likeness (QED) is 0.608. The van der Waals surface area contributed by atoms with Crippen LogP contribution in [0.3, 0.4) is 0 Å². The number of aryl methyl sites for hydroxylation is 1. The molecular weight excluding hydrogens is 400 g/mol. The number of nitriles is 1. The summed E-state index contributed by atoms with van der Waals surface area (Å²) in [6, 6.07) is 13.3. The molecule has 0 spiro atoms. The Morgan fingerprint density at radius 2 is 1.86 bits per heavy atom. The first kappa shape index (κ1) is 20.6. The Bertz CT molecular complexity index is 1180. The van der Waals surface area contributed by atoms with Gasteiger partial charge in [-0.1, -0.05) is 12.1 Å². The number of nitrogens with zero attached hydrogens (tertiary/aromatic N) is 2. The van der Waals surface area contributed by atoms with Crippen LogP contribution in [0.25, 0.3) is 22.2 Å². The minimum atomic E-state index is -3.39. The van der Waals surface area contributed by atoms with Gasteiger partial charge < -0.3 is 9.30 Å². The fraction of sp³-hybridized carbons (Fsp3) is 0.250. The van der Waals surface area contributed by atoms with Crippen molar-refractivity contribution in [3.8, 4) is 23.1 Å². The maximum absolute atomic E-state index is 12.6. The Morgan fingerprint density at radius 1 is 1.17 bits per heavy atom. The molecule has 0 aliphatic rings. The van der Waals surface area contributed by atoms with E-state index in [-0.39, 0.29) is 11.5 Å². The van der Waals surface area contributed by atoms with Crippen molar-refractivity contribution in [2.45, 2.75) is 27.0 Å². The van der Waals surface area contributed by atoms with E-state index in [1.165, 1.54) is 12.1 Å². The highest BCUT2D eigenvalue weighted by atomic mass is 32.2. The SMILES string of the molecule is CCn1c(-c2ccc(NS(=O)(=O)CC)cc2)c(C#N)c2ccc(OC(F)F)cc21. The zero-order valence-electron chi connectivity index (χ0n) is 15.8. The largest absolute Gasteiger partial charge is 0.435 e. The second kappa shape index (κ2) is 8.09. The van der Waals surface area contributed by atoms with Crippen LogP contribution in [-0.2, 0) is 16.6 Å². The fourth-order valence-electron chi connectivity index (χ4n) is 3.19. The molecule has 0 atom stereocenters. The molecule has 0 fully saturated rings. The lowest BCUT2D eigenvalue weighted by Crippen LogP contribution is -2.14. The van der Waals surface area contributed by atoms with Crippen LogP contribution in [0.4, 0.5) is 14.5 Å². The van der Waals surface area contributed by atoms with E-state index in [9.17, 15) is 22.5 Å². The molecule has 1 heterocycles. The van der Waals surface area contributed by atoms with Crippen molar-refractivity contribution in [1.29, 1.82) is 5.26 Å². The predicted molar refractivity (Wildman–Crippen MR) is 107 cm³/mol. The van der Waals surface area contributed by atoms with Gasteiger partial charge in [0.25, 0.3) is 0 Å². The summed E-state index contributed by atoms with van der Waals surface area (Å²) in [6.07, 6.45) is 0. The molecule has 0 aliphatic carbocycles. The van der Waals surface area contributed by atoms with Crippen molar-refractivity contribution in [2.75, 3.05) is 10.5 Å². The lowest BCUT2D eigenvalue weighted by molar-refractivity contribution is -0.0497. The van der Waals surface area contributed by atoms with E-state index < -0.39 is 16.6 Å². The number of halogens is 2. The van der Waals surface area contributed by atoms with Crippen LogP contribution in [0.1, 0.15) is 19.4 Å². The maximum atomic E-state index is 12.6. The highest BCUT2D eigenvalue weighted by Crippen LogP contribution is 2.36. The third kappa shape index (κ3) is 4.17. The molecule has 0 saturated carbocycles. The number of rotatable bonds is 7. The van der Waals surface area contributed by atoms with Gasteiger partial charge in [-0.25, -0.2) is 8.42 Å². The normalized spacial score (nSPS) is 11.6. The fourth-order valence-corrected chi connectivity index (χ4v) is 3.83. The molecule has 3 rings (SSSR count). The molecule has 152 valence electrons. The number of hydrogen-bond donors (Lipinski definition) is 1. The average molecular weight is 419 g/mol. The van der Waals surface area contributed by atoms with E-state index >= 15 is 0 Å². The molecule has 9 heteroatoms. The molecule has 2 aromatic carbocycles. The standard InChI is InChI=1S/C20H19F2N3O3S/c1-3-25-18-11-15(28-20(21)22)9-10-16(18)17(12-23)19(25)13-5-7-14(8-6-13)24-29(26,27)4-2/h5-11,20,24H,3-4H2,1-2H3. The zero-order chi connectivity index (χ0) is 21.2. The Labute approximate surface area is 167 Å². The molecule has 0 aliphatic heterocycles. The van der Waals surface area contributed by atoms with E-state index in [1.54, 1.807) is 37.3 Å². The third-order valence-corrected chi connectivity index (χ3v) is 5.81. The minimum Gasteiger partial charge on any atom is -0.435 e. The smallest absolute Gasteiger partial charge is 0.387 e. The third-order valence-electron chi connectivity index (χ3n) is 4.50. The van der Waals surface area contributed by atoms with Crippen molar-refractivity contribution in [2.24, 2.45) is 0 Å². The van der Waals surface area contributed by atoms with Gasteiger partial charge in [0.05, 0.1) is 22.5 Å². The van der Waals surface area contributed by atoms with E-state index in [0.29, 0.717) is 40.0 Å². The molecular formula is C20H19F2N3O3S. The molecule has 0 radical (unpaired) electrons. The number of anilines is 1. The Kier molecular flexibility index (Phi) is 5.75. The van der Waals surface area contributed by atoms with Crippen molar-refractivity contribution in [3.05, 3.63) is 48.0 Å². The lowest BCUT2D eigenvalue weighted by Gasteiger charge is -2.11. The van der Waals surface area contributed by atoms with Crippen LogP contribution >= 0.6 is 0 Å². The van der Waals surface area contributed by atoms with Gasteiger partial charge in [0.15, 0.2) is 0 Å². The van der Waals surface area contributed by atoms with Gasteiger partial charge in [0.1, 0.15) is 11.8 Å². The molecule has 0 unspecified atom stereocenters. The molecule has 29 heavy (non-hydrogen) atoms. The van der Waals surface area contributed by atoms with Gasteiger partial charge in [-0.05, 0) is 43.7 Å². The summed E-state index contributed by atoms with van der Waals surface area (Å²) in [6.45, 7) is 0.984. The number of aromatic nitrogens is 1. The minimum absolute atomic E-state index is 0.0139. The maximum Gasteiger partial charge on any atom is 0.387 e. The van der Waals surface area contributed by atoms with E-state index in [0.717, 1.165) is 0 Å². The number of nitrogens with one attached hydrogen (secondary N) is 1. The Hall–Kier alpha value is -3.12. The Morgan fingerprint density at radius 3 is 2.41 bits per heavy atom. The van der Waals surface area contributed by atoms with Crippen molar-refractivity contribution in [1.82, 2.24) is 4.57 Å². The van der Waals surface area contributed by atoms with Gasteiger partial charge in [-0.2, -0.15) is 14.0 Å². The molecule has 6 nitrogen and oxygen atoms in total. The van der Waals surface area contributed by atoms with E-state index in [1.807, 2.05) is 11.5 Å². The average Bonchev–Trinajstić information content (AvgIpc) is 3.00. The molecule has 0 amide bonds. The number of ether oxygens (including phenoxy) is 1. The van der Waals surface area contributed by atoms with E-state index in [2.05, 4.69) is 15.5 Å². The second-order valence-electron chi connectivity index (χ2n) is 6.22. The van der Waals surface area contributed by atoms with Crippen LogP contribution in [0.15, 0.2) is 42.5 Å². The summed E-state index contributed by atoms with van der Waals surface area (Å²) in [7, 11) is -3.39. The first-order chi connectivity index (χ1) is 13.8. The van der Waals surface area contributed by atoms with Gasteiger partial charge in [0, 0.05) is 23.7 Å². The monoisotopic (exact) mass is 419 g/mol. The van der Waals surface area contributed by atoms with Gasteiger partial charge in [-0.15, -0.1) is 0 Å². The predicted octanol–water partition coefficient (Wildman–Crippen LogP) is 4.56. The number of benzene rings is 2. The zero-order valence-corrected chi connectivity index (χ0v) is 16.6. The summed E-state index contributed by atoms with van der Waals surface area (Å²) in [5.41, 5.74) is 2.76. The first-order valence-corrected chi connectivity index (χ1v) is 10.6. The molecule has 1 aromatic heterocycles. The summed E-state index contributed by atoms with van der Waals surface area (Å²) < 4.78 is 57.4. The van der Waals surface area contributed by atoms with Crippen LogP contribution in [0.2, 0.25) is 0 Å². The molecule has 0 bridgehead atoms. The number of hydrogen-bond acceptors (Lipinski definition) is 4.